The standard InChI is InChI=1S/C33H32N4O/c1-2-38-28-19-17-27(18-20-28)32-34-30-16-10-9-15-29(30)33(35-32)37-23-21-36(22-24-37)31(25-11-5-3-6-12-25)26-13-7-4-8-14-26/h3-20,31H,2,21-24H2,1H3. The van der Waals surface area contributed by atoms with Crippen LogP contribution in [0.2, 0.25) is 0 Å². The predicted octanol–water partition coefficient (Wildman–Crippen LogP) is 6.61. The fraction of sp³-hybridized carbons (Fsp3) is 0.212. The summed E-state index contributed by atoms with van der Waals surface area (Å²) in [7, 11) is 0. The predicted molar refractivity (Wildman–Crippen MR) is 155 cm³/mol. The van der Waals surface area contributed by atoms with Gasteiger partial charge < -0.3 is 9.64 Å². The van der Waals surface area contributed by atoms with E-state index in [1.807, 2.05) is 37.3 Å². The molecule has 38 heavy (non-hydrogen) atoms. The van der Waals surface area contributed by atoms with E-state index in [0.29, 0.717) is 6.61 Å². The van der Waals surface area contributed by atoms with Gasteiger partial charge in [-0.1, -0.05) is 72.8 Å². The molecule has 0 bridgehead atoms. The summed E-state index contributed by atoms with van der Waals surface area (Å²) in [4.78, 5) is 15.0. The lowest BCUT2D eigenvalue weighted by Crippen LogP contribution is -2.48. The Morgan fingerprint density at radius 1 is 0.684 bits per heavy atom. The summed E-state index contributed by atoms with van der Waals surface area (Å²) >= 11 is 0. The Hall–Kier alpha value is -4.22. The number of hydrogen-bond acceptors (Lipinski definition) is 5. The number of para-hydroxylation sites is 1. The van der Waals surface area contributed by atoms with E-state index in [2.05, 4.69) is 88.7 Å². The Kier molecular flexibility index (Phi) is 7.01. The van der Waals surface area contributed by atoms with Crippen LogP contribution in [0.1, 0.15) is 24.1 Å². The first kappa shape index (κ1) is 24.1. The molecule has 0 N–H and O–H groups in total. The molecule has 5 nitrogen and oxygen atoms in total. The van der Waals surface area contributed by atoms with E-state index in [0.717, 1.165) is 60.0 Å². The van der Waals surface area contributed by atoms with Crippen molar-refractivity contribution in [3.63, 3.8) is 0 Å². The van der Waals surface area contributed by atoms with Gasteiger partial charge in [0.1, 0.15) is 11.6 Å². The van der Waals surface area contributed by atoms with Crippen molar-refractivity contribution >= 4 is 16.7 Å². The van der Waals surface area contributed by atoms with Crippen molar-refractivity contribution in [1.82, 2.24) is 14.9 Å². The highest BCUT2D eigenvalue weighted by Crippen LogP contribution is 2.32. The first-order valence-corrected chi connectivity index (χ1v) is 13.4. The van der Waals surface area contributed by atoms with Crippen LogP contribution in [-0.2, 0) is 0 Å². The largest absolute Gasteiger partial charge is 0.494 e. The second-order valence-corrected chi connectivity index (χ2v) is 9.59. The van der Waals surface area contributed by atoms with Crippen molar-refractivity contribution in [2.45, 2.75) is 13.0 Å². The quantitative estimate of drug-likeness (QED) is 0.252. The van der Waals surface area contributed by atoms with Crippen LogP contribution >= 0.6 is 0 Å². The fourth-order valence-corrected chi connectivity index (χ4v) is 5.37. The molecule has 1 aromatic heterocycles. The minimum Gasteiger partial charge on any atom is -0.494 e. The third-order valence-corrected chi connectivity index (χ3v) is 7.22. The summed E-state index contributed by atoms with van der Waals surface area (Å²) in [5.74, 6) is 2.62. The van der Waals surface area contributed by atoms with Crippen molar-refractivity contribution < 1.29 is 4.74 Å². The van der Waals surface area contributed by atoms with Crippen molar-refractivity contribution in [1.29, 1.82) is 0 Å². The third kappa shape index (κ3) is 4.98. The van der Waals surface area contributed by atoms with Gasteiger partial charge in [0.15, 0.2) is 5.82 Å². The van der Waals surface area contributed by atoms with E-state index in [1.54, 1.807) is 0 Å². The summed E-state index contributed by atoms with van der Waals surface area (Å²) in [5.41, 5.74) is 4.62. The van der Waals surface area contributed by atoms with Crippen molar-refractivity contribution in [2.24, 2.45) is 0 Å². The maximum atomic E-state index is 5.63. The Morgan fingerprint density at radius 3 is 1.92 bits per heavy atom. The van der Waals surface area contributed by atoms with Crippen LogP contribution in [0.15, 0.2) is 109 Å². The van der Waals surface area contributed by atoms with Crippen molar-refractivity contribution in [3.8, 4) is 17.1 Å². The molecule has 6 rings (SSSR count). The van der Waals surface area contributed by atoms with Gasteiger partial charge in [0.2, 0.25) is 0 Å². The maximum Gasteiger partial charge on any atom is 0.162 e. The first-order valence-electron chi connectivity index (χ1n) is 13.4. The van der Waals surface area contributed by atoms with Gasteiger partial charge in [-0.3, -0.25) is 4.90 Å². The molecule has 0 unspecified atom stereocenters. The Bertz CT molecular complexity index is 1440. The fourth-order valence-electron chi connectivity index (χ4n) is 5.37. The Balaban J connectivity index is 1.29. The maximum absolute atomic E-state index is 5.63. The molecular weight excluding hydrogens is 468 g/mol. The van der Waals surface area contributed by atoms with Gasteiger partial charge >= 0.3 is 0 Å². The minimum absolute atomic E-state index is 0.237. The van der Waals surface area contributed by atoms with Gasteiger partial charge in [0, 0.05) is 37.1 Å². The SMILES string of the molecule is CCOc1ccc(-c2nc(N3CCN(C(c4ccccc4)c4ccccc4)CC3)c3ccccc3n2)cc1. The number of aromatic nitrogens is 2. The summed E-state index contributed by atoms with van der Waals surface area (Å²) in [6.07, 6.45) is 0. The van der Waals surface area contributed by atoms with Crippen molar-refractivity contribution in [3.05, 3.63) is 120 Å². The minimum atomic E-state index is 0.237. The summed E-state index contributed by atoms with van der Waals surface area (Å²) in [6, 6.07) is 38.3. The number of piperazine rings is 1. The molecule has 5 aromatic rings. The molecule has 1 fully saturated rings. The normalized spacial score (nSPS) is 14.2. The lowest BCUT2D eigenvalue weighted by molar-refractivity contribution is 0.212. The summed E-state index contributed by atoms with van der Waals surface area (Å²) < 4.78 is 5.63. The second-order valence-electron chi connectivity index (χ2n) is 9.59. The summed E-state index contributed by atoms with van der Waals surface area (Å²) in [6.45, 7) is 6.35. The number of rotatable bonds is 7. The molecule has 4 aromatic carbocycles. The molecule has 5 heteroatoms. The van der Waals surface area contributed by atoms with E-state index < -0.39 is 0 Å². The molecule has 1 saturated heterocycles. The molecule has 1 aliphatic rings. The molecule has 2 heterocycles. The lowest BCUT2D eigenvalue weighted by Gasteiger charge is -2.40. The molecule has 0 aliphatic carbocycles. The number of hydrogen-bond donors (Lipinski definition) is 0. The van der Waals surface area contributed by atoms with Gasteiger partial charge in [-0.2, -0.15) is 0 Å². The highest BCUT2D eigenvalue weighted by Gasteiger charge is 2.28. The monoisotopic (exact) mass is 500 g/mol. The van der Waals surface area contributed by atoms with Crippen molar-refractivity contribution in [2.75, 3.05) is 37.7 Å². The molecule has 1 aliphatic heterocycles. The zero-order valence-electron chi connectivity index (χ0n) is 21.7. The Labute approximate surface area is 224 Å². The van der Waals surface area contributed by atoms with E-state index in [-0.39, 0.29) is 6.04 Å². The molecular formula is C33H32N4O. The average molecular weight is 501 g/mol. The molecule has 0 amide bonds. The zero-order valence-corrected chi connectivity index (χ0v) is 21.7. The number of fused-ring (bicyclic) bond motifs is 1. The molecule has 0 radical (unpaired) electrons. The van der Waals surface area contributed by atoms with E-state index in [4.69, 9.17) is 14.7 Å². The van der Waals surface area contributed by atoms with Crippen LogP contribution < -0.4 is 9.64 Å². The van der Waals surface area contributed by atoms with Gasteiger partial charge in [-0.15, -0.1) is 0 Å². The van der Waals surface area contributed by atoms with E-state index in [9.17, 15) is 0 Å². The Morgan fingerprint density at radius 2 is 1.29 bits per heavy atom. The van der Waals surface area contributed by atoms with E-state index in [1.165, 1.54) is 11.1 Å². The molecule has 0 atom stereocenters. The van der Waals surface area contributed by atoms with Crippen LogP contribution in [0.3, 0.4) is 0 Å². The van der Waals surface area contributed by atoms with Crippen LogP contribution in [0.25, 0.3) is 22.3 Å². The van der Waals surface area contributed by atoms with Gasteiger partial charge in [-0.05, 0) is 54.4 Å². The first-order chi connectivity index (χ1) is 18.8. The van der Waals surface area contributed by atoms with Crippen LogP contribution in [-0.4, -0.2) is 47.7 Å². The number of benzene rings is 4. The van der Waals surface area contributed by atoms with Crippen LogP contribution in [0.4, 0.5) is 5.82 Å². The van der Waals surface area contributed by atoms with Gasteiger partial charge in [-0.25, -0.2) is 9.97 Å². The molecule has 190 valence electrons. The smallest absolute Gasteiger partial charge is 0.162 e. The third-order valence-electron chi connectivity index (χ3n) is 7.22. The van der Waals surface area contributed by atoms with Crippen LogP contribution in [0.5, 0.6) is 5.75 Å². The van der Waals surface area contributed by atoms with Crippen LogP contribution in [0, 0.1) is 0 Å². The zero-order chi connectivity index (χ0) is 25.7. The number of ether oxygens (including phenoxy) is 1. The number of anilines is 1. The van der Waals surface area contributed by atoms with Gasteiger partial charge in [0.25, 0.3) is 0 Å². The average Bonchev–Trinajstić information content (AvgIpc) is 2.99. The summed E-state index contributed by atoms with van der Waals surface area (Å²) in [5, 5.41) is 1.10. The highest BCUT2D eigenvalue weighted by molar-refractivity contribution is 5.91. The van der Waals surface area contributed by atoms with Gasteiger partial charge in [0.05, 0.1) is 18.2 Å². The topological polar surface area (TPSA) is 41.5 Å². The highest BCUT2D eigenvalue weighted by atomic mass is 16.5. The molecule has 0 saturated carbocycles. The second kappa shape index (κ2) is 11.0. The lowest BCUT2D eigenvalue weighted by atomic mass is 9.96. The molecule has 0 spiro atoms. The van der Waals surface area contributed by atoms with E-state index >= 15 is 0 Å². The number of nitrogens with zero attached hydrogens (tertiary/aromatic N) is 4.